The van der Waals surface area contributed by atoms with E-state index in [1.165, 1.54) is 16.5 Å². The van der Waals surface area contributed by atoms with E-state index in [9.17, 15) is 0 Å². The Morgan fingerprint density at radius 1 is 0.333 bits per heavy atom. The second kappa shape index (κ2) is 11.9. The molecule has 4 nitrogen and oxygen atoms in total. The van der Waals surface area contributed by atoms with E-state index >= 15 is 0 Å². The Balaban J connectivity index is 1.22. The fourth-order valence-corrected chi connectivity index (χ4v) is 7.14. The lowest BCUT2D eigenvalue weighted by Crippen LogP contribution is -2.00. The van der Waals surface area contributed by atoms with Crippen molar-refractivity contribution in [2.24, 2.45) is 0 Å². The van der Waals surface area contributed by atoms with Crippen LogP contribution < -0.4 is 0 Å². The van der Waals surface area contributed by atoms with Crippen molar-refractivity contribution >= 4 is 43.5 Å². The van der Waals surface area contributed by atoms with Gasteiger partial charge in [-0.25, -0.2) is 15.0 Å². The van der Waals surface area contributed by atoms with E-state index in [1.54, 1.807) is 0 Å². The van der Waals surface area contributed by atoms with Crippen LogP contribution in [0.3, 0.4) is 0 Å². The van der Waals surface area contributed by atoms with Crippen LogP contribution in [-0.4, -0.2) is 15.0 Å². The Bertz CT molecular complexity index is 2900. The standard InChI is InChI=1S/C47H29N3O/c1-3-11-30(12-4-1)32-19-22-34(23-20-32)41-28-38(29-42-43(41)40-26-25-33-14-9-10-18-39(33)44(40)51-42)47-49-45(35-15-5-2-6-16-35)48-46(50-47)37-24-21-31-13-7-8-17-36(31)27-37/h1-29H. The van der Waals surface area contributed by atoms with E-state index in [0.717, 1.165) is 65.9 Å². The van der Waals surface area contributed by atoms with Crippen molar-refractivity contribution in [1.82, 2.24) is 15.0 Å². The summed E-state index contributed by atoms with van der Waals surface area (Å²) in [5.41, 5.74) is 8.88. The topological polar surface area (TPSA) is 51.8 Å². The third-order valence-electron chi connectivity index (χ3n) is 9.70. The number of rotatable bonds is 5. The number of hydrogen-bond acceptors (Lipinski definition) is 4. The summed E-state index contributed by atoms with van der Waals surface area (Å²) in [5.74, 6) is 1.82. The van der Waals surface area contributed by atoms with Crippen molar-refractivity contribution in [2.45, 2.75) is 0 Å². The first-order chi connectivity index (χ1) is 25.2. The number of nitrogens with zero attached hydrogens (tertiary/aromatic N) is 3. The van der Waals surface area contributed by atoms with Gasteiger partial charge in [0.2, 0.25) is 0 Å². The zero-order valence-electron chi connectivity index (χ0n) is 27.5. The third kappa shape index (κ3) is 5.13. The lowest BCUT2D eigenvalue weighted by Gasteiger charge is -2.11. The molecule has 10 rings (SSSR count). The number of fused-ring (bicyclic) bond motifs is 6. The maximum absolute atomic E-state index is 6.79. The van der Waals surface area contributed by atoms with Crippen molar-refractivity contribution in [3.63, 3.8) is 0 Å². The van der Waals surface area contributed by atoms with Gasteiger partial charge in [0, 0.05) is 32.8 Å². The minimum Gasteiger partial charge on any atom is -0.455 e. The van der Waals surface area contributed by atoms with Crippen molar-refractivity contribution in [3.05, 3.63) is 176 Å². The molecule has 0 saturated heterocycles. The van der Waals surface area contributed by atoms with Gasteiger partial charge in [0.1, 0.15) is 11.2 Å². The Kier molecular flexibility index (Phi) is 6.78. The second-order valence-electron chi connectivity index (χ2n) is 12.8. The van der Waals surface area contributed by atoms with E-state index in [2.05, 4.69) is 140 Å². The minimum absolute atomic E-state index is 0.585. The molecule has 4 heteroatoms. The largest absolute Gasteiger partial charge is 0.455 e. The molecule has 0 aliphatic carbocycles. The highest BCUT2D eigenvalue weighted by Crippen LogP contribution is 2.42. The van der Waals surface area contributed by atoms with Crippen molar-refractivity contribution < 1.29 is 4.42 Å². The summed E-state index contributed by atoms with van der Waals surface area (Å²) in [6.07, 6.45) is 0. The molecule has 0 amide bonds. The lowest BCUT2D eigenvalue weighted by molar-refractivity contribution is 0.673. The van der Waals surface area contributed by atoms with E-state index in [0.29, 0.717) is 17.5 Å². The molecular formula is C47H29N3O. The summed E-state index contributed by atoms with van der Waals surface area (Å²) < 4.78 is 6.79. The Morgan fingerprint density at radius 2 is 0.882 bits per heavy atom. The number of hydrogen-bond donors (Lipinski definition) is 0. The minimum atomic E-state index is 0.585. The van der Waals surface area contributed by atoms with E-state index < -0.39 is 0 Å². The van der Waals surface area contributed by atoms with Crippen LogP contribution in [0.2, 0.25) is 0 Å². The molecule has 0 atom stereocenters. The van der Waals surface area contributed by atoms with Crippen LogP contribution in [0.25, 0.3) is 99.9 Å². The average molecular weight is 652 g/mol. The summed E-state index contributed by atoms with van der Waals surface area (Å²) in [6, 6.07) is 61.1. The third-order valence-corrected chi connectivity index (χ3v) is 9.70. The fourth-order valence-electron chi connectivity index (χ4n) is 7.14. The maximum atomic E-state index is 6.79. The zero-order chi connectivity index (χ0) is 33.7. The average Bonchev–Trinajstić information content (AvgIpc) is 3.60. The first-order valence-corrected chi connectivity index (χ1v) is 17.1. The van der Waals surface area contributed by atoms with Gasteiger partial charge < -0.3 is 4.42 Å². The molecule has 51 heavy (non-hydrogen) atoms. The Morgan fingerprint density at radius 3 is 1.65 bits per heavy atom. The van der Waals surface area contributed by atoms with Gasteiger partial charge in [-0.1, -0.05) is 152 Å². The Labute approximate surface area is 294 Å². The fraction of sp³-hybridized carbons (Fsp3) is 0. The van der Waals surface area contributed by atoms with Crippen LogP contribution in [0.1, 0.15) is 0 Å². The zero-order valence-corrected chi connectivity index (χ0v) is 27.5. The highest BCUT2D eigenvalue weighted by atomic mass is 16.3. The monoisotopic (exact) mass is 651 g/mol. The number of aromatic nitrogens is 3. The first-order valence-electron chi connectivity index (χ1n) is 17.1. The molecule has 2 heterocycles. The van der Waals surface area contributed by atoms with Gasteiger partial charge in [-0.2, -0.15) is 0 Å². The van der Waals surface area contributed by atoms with Gasteiger partial charge in [-0.05, 0) is 62.7 Å². The second-order valence-corrected chi connectivity index (χ2v) is 12.8. The molecule has 2 aromatic heterocycles. The van der Waals surface area contributed by atoms with Crippen molar-refractivity contribution in [1.29, 1.82) is 0 Å². The van der Waals surface area contributed by atoms with Gasteiger partial charge in [-0.3, -0.25) is 0 Å². The predicted octanol–water partition coefficient (Wildman–Crippen LogP) is 12.4. The molecule has 0 spiro atoms. The number of furan rings is 1. The smallest absolute Gasteiger partial charge is 0.164 e. The van der Waals surface area contributed by atoms with Gasteiger partial charge in [0.25, 0.3) is 0 Å². The first kappa shape index (κ1) is 29.0. The lowest BCUT2D eigenvalue weighted by atomic mass is 9.94. The molecule has 0 aliphatic rings. The van der Waals surface area contributed by atoms with Gasteiger partial charge in [-0.15, -0.1) is 0 Å². The molecule has 0 saturated carbocycles. The van der Waals surface area contributed by atoms with Crippen molar-refractivity contribution in [2.75, 3.05) is 0 Å². The summed E-state index contributed by atoms with van der Waals surface area (Å²) >= 11 is 0. The molecule has 238 valence electrons. The van der Waals surface area contributed by atoms with Crippen LogP contribution in [0.4, 0.5) is 0 Å². The van der Waals surface area contributed by atoms with Crippen LogP contribution in [0, 0.1) is 0 Å². The normalized spacial score (nSPS) is 11.5. The van der Waals surface area contributed by atoms with Crippen LogP contribution in [0.15, 0.2) is 180 Å². The summed E-state index contributed by atoms with van der Waals surface area (Å²) in [5, 5.41) is 6.68. The predicted molar refractivity (Wildman–Crippen MR) is 209 cm³/mol. The molecular weight excluding hydrogens is 623 g/mol. The molecule has 0 N–H and O–H groups in total. The maximum Gasteiger partial charge on any atom is 0.164 e. The highest BCUT2D eigenvalue weighted by Gasteiger charge is 2.20. The van der Waals surface area contributed by atoms with E-state index in [1.807, 2.05) is 36.4 Å². The molecule has 0 aliphatic heterocycles. The van der Waals surface area contributed by atoms with Crippen LogP contribution in [-0.2, 0) is 0 Å². The molecule has 0 fully saturated rings. The van der Waals surface area contributed by atoms with Gasteiger partial charge in [0.05, 0.1) is 0 Å². The van der Waals surface area contributed by atoms with Crippen LogP contribution in [0.5, 0.6) is 0 Å². The number of benzene rings is 8. The quantitative estimate of drug-likeness (QED) is 0.186. The molecule has 0 unspecified atom stereocenters. The molecule has 0 radical (unpaired) electrons. The van der Waals surface area contributed by atoms with E-state index in [-0.39, 0.29) is 0 Å². The summed E-state index contributed by atoms with van der Waals surface area (Å²) in [7, 11) is 0. The van der Waals surface area contributed by atoms with E-state index in [4.69, 9.17) is 19.4 Å². The van der Waals surface area contributed by atoms with Crippen molar-refractivity contribution in [3.8, 4) is 56.4 Å². The molecule has 0 bridgehead atoms. The van der Waals surface area contributed by atoms with Crippen LogP contribution >= 0.6 is 0 Å². The van der Waals surface area contributed by atoms with Gasteiger partial charge in [0.15, 0.2) is 17.5 Å². The molecule has 10 aromatic rings. The summed E-state index contributed by atoms with van der Waals surface area (Å²) in [4.78, 5) is 15.2. The molecule has 8 aromatic carbocycles. The highest BCUT2D eigenvalue weighted by molar-refractivity contribution is 6.19. The Hall–Kier alpha value is -6.91. The SMILES string of the molecule is c1ccc(-c2ccc(-c3cc(-c4nc(-c5ccccc5)nc(-c5ccc6ccccc6c5)n4)cc4oc5c6ccccc6ccc5c34)cc2)cc1. The van der Waals surface area contributed by atoms with Gasteiger partial charge >= 0.3 is 0 Å². The summed E-state index contributed by atoms with van der Waals surface area (Å²) in [6.45, 7) is 0.